The number of amides is 5. The van der Waals surface area contributed by atoms with Crippen molar-refractivity contribution in [2.24, 2.45) is 23.5 Å². The van der Waals surface area contributed by atoms with Gasteiger partial charge in [0.15, 0.2) is 22.7 Å². The Morgan fingerprint density at radius 3 is 1.37 bits per heavy atom. The summed E-state index contributed by atoms with van der Waals surface area (Å²) >= 11 is 0. The van der Waals surface area contributed by atoms with Crippen LogP contribution in [-0.4, -0.2) is 122 Å². The molecule has 0 aromatic heterocycles. The lowest BCUT2D eigenvalue weighted by atomic mass is 9.98. The summed E-state index contributed by atoms with van der Waals surface area (Å²) < 4.78 is 19.0. The van der Waals surface area contributed by atoms with E-state index in [0.717, 1.165) is 0 Å². The van der Waals surface area contributed by atoms with Crippen molar-refractivity contribution in [2.75, 3.05) is 0 Å². The molecular weight excluding hydrogens is 805 g/mol. The molecule has 0 aliphatic carbocycles. The summed E-state index contributed by atoms with van der Waals surface area (Å²) in [6.45, 7) is 39.0. The average Bonchev–Trinajstić information content (AvgIpc) is 3.31. The minimum atomic E-state index is -2.56. The third kappa shape index (κ3) is 13.8. The zero-order chi connectivity index (χ0) is 47.4. The summed E-state index contributed by atoms with van der Waals surface area (Å²) in [5.41, 5.74) is 5.09. The lowest BCUT2D eigenvalue weighted by Gasteiger charge is -2.41. The molecule has 16 nitrogen and oxygen atoms in total. The molecule has 5 amide bonds. The number of carboxylic acid groups (broad SMARTS) is 1. The predicted octanol–water partition coefficient (Wildman–Crippen LogP) is 4.48. The van der Waals surface area contributed by atoms with Gasteiger partial charge in [0.1, 0.15) is 29.9 Å². The SMILES string of the molecule is CC(C)[C@H](N)C(=O)N1[C@H](C(=O)N[C@H](C(=O)N[C@H](C(=O)N[C@H](C(=O)N[C@H](C(=O)O)[C@@H](C)O[Si](C)(C)C(C)(C)C)C(C)C)[C@@H](C)O[Si](C)(C)C(C)(C)C)C(C)C)[C@@H](C)OC1(C)C. The first-order valence-electron chi connectivity index (χ1n) is 21.4. The standard InChI is InChI=1S/C42H82N6O10Si2/c1-22(2)28(43)38(53)48-33(27(9)56-42(48,16)17)37(52)45-30(24(5)6)34(49)46-31(25(7)57-59(18,19)40(10,11)12)36(51)44-29(23(3)4)35(50)47-32(39(54)55)26(8)58-60(20,21)41(13,14)15/h22-33H,43H2,1-21H3,(H,44,51)(H,45,52)(H,46,49)(H,47,50)(H,54,55)/t25-,26-,27-,28+,29+,30+,31+,32+,33+/m1/s1. The number of ether oxygens (including phenoxy) is 1. The molecule has 1 saturated heterocycles. The van der Waals surface area contributed by atoms with E-state index in [-0.39, 0.29) is 16.0 Å². The number of nitrogens with one attached hydrogen (secondary N) is 4. The van der Waals surface area contributed by atoms with Gasteiger partial charge in [-0.1, -0.05) is 83.1 Å². The highest BCUT2D eigenvalue weighted by Crippen LogP contribution is 2.39. The summed E-state index contributed by atoms with van der Waals surface area (Å²) in [6, 6.07) is -7.17. The van der Waals surface area contributed by atoms with Crippen LogP contribution in [0.5, 0.6) is 0 Å². The maximum atomic E-state index is 14.4. The number of hydrogen-bond acceptors (Lipinski definition) is 10. The molecule has 348 valence electrons. The van der Waals surface area contributed by atoms with Crippen LogP contribution in [0.3, 0.4) is 0 Å². The summed E-state index contributed by atoms with van der Waals surface area (Å²) in [7, 11) is -4.99. The van der Waals surface area contributed by atoms with Crippen LogP contribution in [0.15, 0.2) is 0 Å². The summed E-state index contributed by atoms with van der Waals surface area (Å²) in [5, 5.41) is 20.7. The third-order valence-electron chi connectivity index (χ3n) is 12.4. The number of carbonyl (C=O) groups is 6. The molecule has 1 heterocycles. The largest absolute Gasteiger partial charge is 0.480 e. The van der Waals surface area contributed by atoms with Gasteiger partial charge in [-0.25, -0.2) is 4.79 Å². The number of nitrogens with zero attached hydrogens (tertiary/aromatic N) is 1. The fraction of sp³-hybridized carbons (Fsp3) is 0.857. The van der Waals surface area contributed by atoms with Crippen LogP contribution < -0.4 is 27.0 Å². The molecule has 7 N–H and O–H groups in total. The number of carboxylic acids is 1. The van der Waals surface area contributed by atoms with Crippen molar-refractivity contribution in [3.05, 3.63) is 0 Å². The lowest BCUT2D eigenvalue weighted by molar-refractivity contribution is -0.152. The van der Waals surface area contributed by atoms with Crippen molar-refractivity contribution >= 4 is 52.1 Å². The zero-order valence-corrected chi connectivity index (χ0v) is 42.6. The van der Waals surface area contributed by atoms with Crippen molar-refractivity contribution in [3.63, 3.8) is 0 Å². The molecule has 1 aliphatic rings. The first kappa shape index (κ1) is 55.1. The molecule has 60 heavy (non-hydrogen) atoms. The molecule has 0 aromatic rings. The van der Waals surface area contributed by atoms with E-state index in [1.54, 1.807) is 62.3 Å². The quantitative estimate of drug-likeness (QED) is 0.0992. The summed E-state index contributed by atoms with van der Waals surface area (Å²) in [6.07, 6.45) is -2.53. The van der Waals surface area contributed by atoms with Gasteiger partial charge in [0.2, 0.25) is 29.5 Å². The van der Waals surface area contributed by atoms with Gasteiger partial charge < -0.3 is 45.7 Å². The van der Waals surface area contributed by atoms with E-state index in [1.807, 2.05) is 81.6 Å². The van der Waals surface area contributed by atoms with Gasteiger partial charge in [-0.05, 0) is 88.6 Å². The Hall–Kier alpha value is -2.91. The lowest BCUT2D eigenvalue weighted by Crippen LogP contribution is -2.65. The van der Waals surface area contributed by atoms with Crippen molar-refractivity contribution in [1.29, 1.82) is 0 Å². The third-order valence-corrected chi connectivity index (χ3v) is 21.6. The van der Waals surface area contributed by atoms with Crippen molar-refractivity contribution < 1.29 is 47.5 Å². The first-order valence-corrected chi connectivity index (χ1v) is 27.2. The molecular formula is C42H82N6O10Si2. The molecule has 0 bridgehead atoms. The highest BCUT2D eigenvalue weighted by atomic mass is 28.4. The monoisotopic (exact) mass is 887 g/mol. The number of rotatable bonds is 19. The zero-order valence-electron chi connectivity index (χ0n) is 40.6. The molecule has 0 radical (unpaired) electrons. The van der Waals surface area contributed by atoms with E-state index >= 15 is 0 Å². The van der Waals surface area contributed by atoms with Crippen LogP contribution in [-0.2, 0) is 42.4 Å². The molecule has 0 spiro atoms. The minimum absolute atomic E-state index is 0.217. The molecule has 0 saturated carbocycles. The average molecular weight is 887 g/mol. The second-order valence-corrected chi connectivity index (χ2v) is 30.6. The predicted molar refractivity (Wildman–Crippen MR) is 239 cm³/mol. The normalized spacial score (nSPS) is 21.1. The topological polar surface area (TPSA) is 228 Å². The molecule has 0 unspecified atom stereocenters. The van der Waals surface area contributed by atoms with Gasteiger partial charge in [0.05, 0.1) is 24.4 Å². The van der Waals surface area contributed by atoms with Gasteiger partial charge in [-0.3, -0.25) is 28.9 Å². The molecule has 1 aliphatic heterocycles. The molecule has 1 rings (SSSR count). The summed E-state index contributed by atoms with van der Waals surface area (Å²) in [5.74, 6) is -5.77. The van der Waals surface area contributed by atoms with E-state index in [0.29, 0.717) is 0 Å². The Morgan fingerprint density at radius 1 is 0.650 bits per heavy atom. The fourth-order valence-corrected chi connectivity index (χ4v) is 9.37. The first-order chi connectivity index (χ1) is 26.8. The van der Waals surface area contributed by atoms with E-state index in [4.69, 9.17) is 19.3 Å². The van der Waals surface area contributed by atoms with E-state index in [9.17, 15) is 33.9 Å². The Bertz CT molecular complexity index is 1540. The number of hydrogen-bond donors (Lipinski definition) is 6. The van der Waals surface area contributed by atoms with Gasteiger partial charge in [-0.15, -0.1) is 0 Å². The van der Waals surface area contributed by atoms with Crippen LogP contribution in [0.4, 0.5) is 0 Å². The van der Waals surface area contributed by atoms with Crippen LogP contribution >= 0.6 is 0 Å². The van der Waals surface area contributed by atoms with E-state index < -0.39 is 124 Å². The van der Waals surface area contributed by atoms with Gasteiger partial charge in [0.25, 0.3) is 0 Å². The van der Waals surface area contributed by atoms with Gasteiger partial charge in [0, 0.05) is 0 Å². The van der Waals surface area contributed by atoms with E-state index in [2.05, 4.69) is 21.3 Å². The van der Waals surface area contributed by atoms with Crippen molar-refractivity contribution in [1.82, 2.24) is 26.2 Å². The van der Waals surface area contributed by atoms with Gasteiger partial charge in [-0.2, -0.15) is 0 Å². The van der Waals surface area contributed by atoms with Crippen molar-refractivity contribution in [3.8, 4) is 0 Å². The Morgan fingerprint density at radius 2 is 1.00 bits per heavy atom. The molecule has 0 aromatic carbocycles. The van der Waals surface area contributed by atoms with Crippen LogP contribution in [0.2, 0.25) is 36.3 Å². The highest BCUT2D eigenvalue weighted by Gasteiger charge is 2.53. The van der Waals surface area contributed by atoms with Crippen molar-refractivity contribution in [2.45, 2.75) is 214 Å². The van der Waals surface area contributed by atoms with Crippen LogP contribution in [0.1, 0.15) is 118 Å². The second-order valence-electron chi connectivity index (χ2n) is 21.1. The highest BCUT2D eigenvalue weighted by molar-refractivity contribution is 6.74. The van der Waals surface area contributed by atoms with Crippen LogP contribution in [0, 0.1) is 17.8 Å². The molecule has 1 fully saturated rings. The maximum Gasteiger partial charge on any atom is 0.328 e. The fourth-order valence-electron chi connectivity index (χ4n) is 6.53. The summed E-state index contributed by atoms with van der Waals surface area (Å²) in [4.78, 5) is 84.3. The van der Waals surface area contributed by atoms with Gasteiger partial charge >= 0.3 is 5.97 Å². The molecule has 18 heteroatoms. The minimum Gasteiger partial charge on any atom is -0.480 e. The Balaban J connectivity index is 3.60. The number of aliphatic carboxylic acids is 1. The second kappa shape index (κ2) is 20.5. The maximum absolute atomic E-state index is 14.4. The van der Waals surface area contributed by atoms with Crippen LogP contribution in [0.25, 0.3) is 0 Å². The molecule has 9 atom stereocenters. The number of nitrogens with two attached hydrogens (primary N) is 1. The van der Waals surface area contributed by atoms with E-state index in [1.165, 1.54) is 4.90 Å². The smallest absolute Gasteiger partial charge is 0.328 e. The Kier molecular flexibility index (Phi) is 18.8. The Labute approximate surface area is 362 Å². The number of carbonyl (C=O) groups excluding carboxylic acids is 5.